The van der Waals surface area contributed by atoms with Crippen molar-refractivity contribution in [3.63, 3.8) is 0 Å². The minimum atomic E-state index is -0.452. The molecular formula is C15H13N5O3S3. The number of benzene rings is 1. The summed E-state index contributed by atoms with van der Waals surface area (Å²) in [5.74, 6) is -0.192. The van der Waals surface area contributed by atoms with Gasteiger partial charge < -0.3 is 5.32 Å². The number of aryl methyl sites for hydroxylation is 1. The van der Waals surface area contributed by atoms with E-state index in [-0.39, 0.29) is 16.8 Å². The van der Waals surface area contributed by atoms with Gasteiger partial charge in [-0.05, 0) is 13.8 Å². The number of hydrogen-bond donors (Lipinski definition) is 1. The van der Waals surface area contributed by atoms with Gasteiger partial charge in [0.2, 0.25) is 5.91 Å². The lowest BCUT2D eigenvalue weighted by Gasteiger charge is -2.07. The number of rotatable bonds is 6. The van der Waals surface area contributed by atoms with Crippen LogP contribution < -0.4 is 5.32 Å². The number of non-ortho nitro benzene ring substituents is 1. The van der Waals surface area contributed by atoms with E-state index in [0.717, 1.165) is 9.35 Å². The molecule has 0 aliphatic heterocycles. The van der Waals surface area contributed by atoms with Crippen LogP contribution in [0.1, 0.15) is 11.9 Å². The molecule has 0 bridgehead atoms. The average molecular weight is 408 g/mol. The molecule has 0 fully saturated rings. The maximum atomic E-state index is 12.3. The molecule has 0 saturated carbocycles. The van der Waals surface area contributed by atoms with Crippen LogP contribution in [-0.4, -0.2) is 31.3 Å². The lowest BCUT2D eigenvalue weighted by molar-refractivity contribution is -0.384. The third-order valence-electron chi connectivity index (χ3n) is 3.24. The maximum Gasteiger partial charge on any atom is 0.270 e. The monoisotopic (exact) mass is 407 g/mol. The maximum absolute atomic E-state index is 12.3. The minimum Gasteiger partial charge on any atom is -0.301 e. The van der Waals surface area contributed by atoms with Gasteiger partial charge in [0.25, 0.3) is 5.69 Å². The van der Waals surface area contributed by atoms with Crippen LogP contribution in [0.25, 0.3) is 11.3 Å². The zero-order valence-corrected chi connectivity index (χ0v) is 16.2. The van der Waals surface area contributed by atoms with Crippen molar-refractivity contribution in [2.45, 2.75) is 23.4 Å². The molecule has 1 N–H and O–H groups in total. The van der Waals surface area contributed by atoms with E-state index in [9.17, 15) is 14.9 Å². The van der Waals surface area contributed by atoms with E-state index in [4.69, 9.17) is 0 Å². The second-order valence-electron chi connectivity index (χ2n) is 5.18. The molecule has 1 atom stereocenters. The summed E-state index contributed by atoms with van der Waals surface area (Å²) in [6.07, 6.45) is 0. The number of hydrogen-bond acceptors (Lipinski definition) is 9. The first-order chi connectivity index (χ1) is 12.4. The molecule has 0 saturated heterocycles. The minimum absolute atomic E-state index is 0.00143. The van der Waals surface area contributed by atoms with Crippen LogP contribution in [-0.2, 0) is 4.79 Å². The van der Waals surface area contributed by atoms with Gasteiger partial charge in [-0.2, -0.15) is 0 Å². The summed E-state index contributed by atoms with van der Waals surface area (Å²) in [7, 11) is 0. The highest BCUT2D eigenvalue weighted by Crippen LogP contribution is 2.29. The average Bonchev–Trinajstić information content (AvgIpc) is 3.24. The third-order valence-corrected chi connectivity index (χ3v) is 6.02. The van der Waals surface area contributed by atoms with Crippen LogP contribution >= 0.6 is 34.4 Å². The van der Waals surface area contributed by atoms with Gasteiger partial charge in [0, 0.05) is 23.1 Å². The molecule has 26 heavy (non-hydrogen) atoms. The summed E-state index contributed by atoms with van der Waals surface area (Å²) in [5.41, 5.74) is 1.20. The highest BCUT2D eigenvalue weighted by Gasteiger charge is 2.18. The molecule has 2 heterocycles. The van der Waals surface area contributed by atoms with E-state index in [1.54, 1.807) is 24.4 Å². The van der Waals surface area contributed by atoms with E-state index < -0.39 is 4.92 Å². The largest absolute Gasteiger partial charge is 0.301 e. The zero-order valence-electron chi connectivity index (χ0n) is 13.7. The molecule has 0 spiro atoms. The van der Waals surface area contributed by atoms with Crippen LogP contribution in [0.15, 0.2) is 34.0 Å². The van der Waals surface area contributed by atoms with Gasteiger partial charge in [0.05, 0.1) is 15.9 Å². The topological polar surface area (TPSA) is 111 Å². The lowest BCUT2D eigenvalue weighted by atomic mass is 10.1. The van der Waals surface area contributed by atoms with Crippen LogP contribution in [0.5, 0.6) is 0 Å². The van der Waals surface area contributed by atoms with Gasteiger partial charge in [0.1, 0.15) is 5.01 Å². The van der Waals surface area contributed by atoms with Crippen LogP contribution in [0.2, 0.25) is 0 Å². The lowest BCUT2D eigenvalue weighted by Crippen LogP contribution is -2.22. The van der Waals surface area contributed by atoms with Gasteiger partial charge in [-0.25, -0.2) is 4.98 Å². The number of anilines is 1. The first-order valence-electron chi connectivity index (χ1n) is 7.40. The Balaban J connectivity index is 1.67. The molecule has 0 radical (unpaired) electrons. The van der Waals surface area contributed by atoms with Crippen molar-refractivity contribution < 1.29 is 9.72 Å². The second kappa shape index (κ2) is 7.89. The van der Waals surface area contributed by atoms with E-state index in [2.05, 4.69) is 20.5 Å². The van der Waals surface area contributed by atoms with E-state index in [1.807, 2.05) is 6.92 Å². The summed E-state index contributed by atoms with van der Waals surface area (Å²) in [5, 5.41) is 24.3. The number of nitro benzene ring substituents is 1. The Morgan fingerprint density at radius 2 is 2.19 bits per heavy atom. The number of carbonyl (C=O) groups is 1. The predicted octanol–water partition coefficient (Wildman–Crippen LogP) is 4.00. The molecule has 1 amide bonds. The summed E-state index contributed by atoms with van der Waals surface area (Å²) in [6, 6.07) is 6.22. The van der Waals surface area contributed by atoms with Crippen LogP contribution in [0.3, 0.4) is 0 Å². The number of nitro groups is 1. The first kappa shape index (κ1) is 18.4. The Bertz CT molecular complexity index is 955. The van der Waals surface area contributed by atoms with Crippen molar-refractivity contribution in [1.29, 1.82) is 0 Å². The molecule has 11 heteroatoms. The summed E-state index contributed by atoms with van der Waals surface area (Å²) < 4.78 is 0.738. The van der Waals surface area contributed by atoms with Crippen molar-refractivity contribution >= 4 is 51.2 Å². The van der Waals surface area contributed by atoms with Crippen molar-refractivity contribution in [3.05, 3.63) is 44.8 Å². The van der Waals surface area contributed by atoms with Crippen molar-refractivity contribution in [2.75, 3.05) is 5.32 Å². The fourth-order valence-corrected chi connectivity index (χ4v) is 4.66. The summed E-state index contributed by atoms with van der Waals surface area (Å²) in [4.78, 5) is 27.1. The number of nitrogens with zero attached hydrogens (tertiary/aromatic N) is 4. The number of thiazole rings is 1. The first-order valence-corrected chi connectivity index (χ1v) is 9.98. The Morgan fingerprint density at radius 1 is 1.38 bits per heavy atom. The second-order valence-corrected chi connectivity index (χ2v) is 8.81. The fraction of sp³-hybridized carbons (Fsp3) is 0.200. The molecule has 134 valence electrons. The molecule has 0 aliphatic carbocycles. The number of aromatic nitrogens is 3. The third kappa shape index (κ3) is 4.42. The number of carbonyl (C=O) groups excluding carboxylic acids is 1. The zero-order chi connectivity index (χ0) is 18.7. The normalized spacial score (nSPS) is 11.9. The number of thioether (sulfide) groups is 1. The van der Waals surface area contributed by atoms with Crippen LogP contribution in [0, 0.1) is 17.0 Å². The van der Waals surface area contributed by atoms with E-state index in [0.29, 0.717) is 16.4 Å². The molecule has 2 aromatic heterocycles. The standard InChI is InChI=1S/C15H13N5O3S3/c1-8(25-15-19-18-9(2)26-15)13(21)17-14-16-12(7-24-14)10-4-3-5-11(6-10)20(22)23/h3-8H,1-2H3,(H,16,17,21). The number of amides is 1. The van der Waals surface area contributed by atoms with Gasteiger partial charge in [0.15, 0.2) is 9.47 Å². The van der Waals surface area contributed by atoms with Crippen LogP contribution in [0.4, 0.5) is 10.8 Å². The van der Waals surface area contributed by atoms with E-state index in [1.165, 1.54) is 46.6 Å². The SMILES string of the molecule is Cc1nnc(SC(C)C(=O)Nc2nc(-c3cccc([N+](=O)[O-])c3)cs2)s1. The quantitative estimate of drug-likeness (QED) is 0.373. The van der Waals surface area contributed by atoms with Gasteiger partial charge in [-0.1, -0.05) is 35.2 Å². The smallest absolute Gasteiger partial charge is 0.270 e. The molecule has 3 rings (SSSR count). The van der Waals surface area contributed by atoms with Crippen molar-refractivity contribution in [3.8, 4) is 11.3 Å². The highest BCUT2D eigenvalue weighted by atomic mass is 32.2. The Labute approximate surface area is 160 Å². The molecule has 3 aromatic rings. The Hall–Kier alpha value is -2.37. The summed E-state index contributed by atoms with van der Waals surface area (Å²) in [6.45, 7) is 3.64. The molecule has 1 unspecified atom stereocenters. The molecule has 1 aromatic carbocycles. The Kier molecular flexibility index (Phi) is 5.59. The molecule has 8 nitrogen and oxygen atoms in total. The Morgan fingerprint density at radius 3 is 2.88 bits per heavy atom. The predicted molar refractivity (Wildman–Crippen MR) is 103 cm³/mol. The summed E-state index contributed by atoms with van der Waals surface area (Å²) >= 11 is 4.04. The van der Waals surface area contributed by atoms with Crippen molar-refractivity contribution in [2.24, 2.45) is 0 Å². The van der Waals surface area contributed by atoms with E-state index >= 15 is 0 Å². The highest BCUT2D eigenvalue weighted by molar-refractivity contribution is 8.02. The molecule has 0 aliphatic rings. The van der Waals surface area contributed by atoms with Gasteiger partial charge in [-0.3, -0.25) is 14.9 Å². The molecular weight excluding hydrogens is 394 g/mol. The fourth-order valence-electron chi connectivity index (χ4n) is 1.98. The number of nitrogens with one attached hydrogen (secondary N) is 1. The van der Waals surface area contributed by atoms with Crippen molar-refractivity contribution in [1.82, 2.24) is 15.2 Å². The van der Waals surface area contributed by atoms with Gasteiger partial charge in [-0.15, -0.1) is 21.5 Å². The van der Waals surface area contributed by atoms with Gasteiger partial charge >= 0.3 is 0 Å².